The molecule has 10 heteroatoms. The van der Waals surface area contributed by atoms with Gasteiger partial charge in [-0.2, -0.15) is 0 Å². The topological polar surface area (TPSA) is 140 Å². The molecule has 3 amide bonds. The zero-order valence-corrected chi connectivity index (χ0v) is 16.5. The number of rotatable bonds is 8. The van der Waals surface area contributed by atoms with E-state index in [1.165, 1.54) is 24.3 Å². The highest BCUT2D eigenvalue weighted by Gasteiger charge is 2.26. The van der Waals surface area contributed by atoms with Gasteiger partial charge in [0.1, 0.15) is 11.7 Å². The molecule has 30 heavy (non-hydrogen) atoms. The van der Waals surface area contributed by atoms with Crippen LogP contribution < -0.4 is 16.0 Å². The van der Waals surface area contributed by atoms with E-state index in [-0.39, 0.29) is 17.3 Å². The number of nitro benzene ring substituents is 1. The van der Waals surface area contributed by atoms with Crippen molar-refractivity contribution in [2.24, 2.45) is 5.92 Å². The predicted octanol–water partition coefficient (Wildman–Crippen LogP) is 2.92. The molecule has 0 unspecified atom stereocenters. The van der Waals surface area contributed by atoms with Gasteiger partial charge in [-0.15, -0.1) is 0 Å². The molecule has 0 aliphatic rings. The quantitative estimate of drug-likeness (QED) is 0.345. The van der Waals surface area contributed by atoms with E-state index < -0.39 is 35.5 Å². The molecular formula is C20H22N4O6. The molecule has 0 fully saturated rings. The first-order valence-electron chi connectivity index (χ1n) is 9.10. The summed E-state index contributed by atoms with van der Waals surface area (Å²) in [4.78, 5) is 46.9. The van der Waals surface area contributed by atoms with E-state index in [4.69, 9.17) is 4.74 Å². The fourth-order valence-corrected chi connectivity index (χ4v) is 2.48. The summed E-state index contributed by atoms with van der Waals surface area (Å²) < 4.78 is 4.99. The Balaban J connectivity index is 1.91. The molecule has 0 heterocycles. The van der Waals surface area contributed by atoms with E-state index in [0.29, 0.717) is 5.69 Å². The number of nitrogens with zero attached hydrogens (tertiary/aromatic N) is 1. The molecule has 10 nitrogen and oxygen atoms in total. The van der Waals surface area contributed by atoms with Crippen molar-refractivity contribution < 1.29 is 24.0 Å². The van der Waals surface area contributed by atoms with Crippen molar-refractivity contribution in [2.45, 2.75) is 19.9 Å². The Morgan fingerprint density at radius 2 is 1.63 bits per heavy atom. The third-order valence-electron chi connectivity index (χ3n) is 3.96. The molecule has 0 aliphatic heterocycles. The van der Waals surface area contributed by atoms with E-state index in [9.17, 15) is 24.5 Å². The average Bonchev–Trinajstić information content (AvgIpc) is 2.71. The number of para-hydroxylation sites is 3. The molecule has 0 saturated carbocycles. The van der Waals surface area contributed by atoms with Crippen LogP contribution in [-0.2, 0) is 14.3 Å². The lowest BCUT2D eigenvalue weighted by molar-refractivity contribution is -0.383. The number of carbonyl (C=O) groups is 3. The first-order valence-corrected chi connectivity index (χ1v) is 9.10. The van der Waals surface area contributed by atoms with Gasteiger partial charge in [-0.25, -0.2) is 9.59 Å². The van der Waals surface area contributed by atoms with E-state index in [1.807, 2.05) is 0 Å². The summed E-state index contributed by atoms with van der Waals surface area (Å²) in [6, 6.07) is 12.7. The van der Waals surface area contributed by atoms with E-state index in [0.717, 1.165) is 0 Å². The summed E-state index contributed by atoms with van der Waals surface area (Å²) in [5, 5.41) is 18.4. The normalized spacial score (nSPS) is 11.3. The maximum atomic E-state index is 12.4. The van der Waals surface area contributed by atoms with Crippen molar-refractivity contribution in [1.82, 2.24) is 5.32 Å². The Hall–Kier alpha value is -3.95. The van der Waals surface area contributed by atoms with Crippen molar-refractivity contribution in [3.8, 4) is 0 Å². The second-order valence-corrected chi connectivity index (χ2v) is 6.62. The van der Waals surface area contributed by atoms with Crippen molar-refractivity contribution in [3.05, 3.63) is 64.7 Å². The van der Waals surface area contributed by atoms with Crippen LogP contribution in [0.15, 0.2) is 54.6 Å². The molecule has 3 N–H and O–H groups in total. The third-order valence-corrected chi connectivity index (χ3v) is 3.96. The maximum absolute atomic E-state index is 12.4. The fourth-order valence-electron chi connectivity index (χ4n) is 2.48. The zero-order valence-electron chi connectivity index (χ0n) is 16.5. The monoisotopic (exact) mass is 414 g/mol. The van der Waals surface area contributed by atoms with Crippen LogP contribution in [0.4, 0.5) is 21.9 Å². The van der Waals surface area contributed by atoms with Gasteiger partial charge in [0.25, 0.3) is 11.6 Å². The number of esters is 1. The van der Waals surface area contributed by atoms with Crippen molar-refractivity contribution in [1.29, 1.82) is 0 Å². The minimum atomic E-state index is -0.993. The van der Waals surface area contributed by atoms with E-state index in [2.05, 4.69) is 16.0 Å². The summed E-state index contributed by atoms with van der Waals surface area (Å²) >= 11 is 0. The van der Waals surface area contributed by atoms with Crippen LogP contribution in [-0.4, -0.2) is 35.5 Å². The number of anilines is 2. The SMILES string of the molecule is CC(C)[C@H](NC(=O)Nc1ccccc1)C(=O)OCC(=O)Nc1ccccc1[N+](=O)[O-]. The molecule has 158 valence electrons. The van der Waals surface area contributed by atoms with Crippen LogP contribution in [0.2, 0.25) is 0 Å². The Morgan fingerprint density at radius 3 is 2.27 bits per heavy atom. The van der Waals surface area contributed by atoms with Crippen LogP contribution in [0.5, 0.6) is 0 Å². The summed E-state index contributed by atoms with van der Waals surface area (Å²) in [6.45, 7) is 2.76. The van der Waals surface area contributed by atoms with Gasteiger partial charge in [-0.1, -0.05) is 44.2 Å². The Labute approximate surface area is 172 Å². The number of urea groups is 1. The standard InChI is InChI=1S/C20H22N4O6/c1-13(2)18(23-20(27)21-14-8-4-3-5-9-14)19(26)30-12-17(25)22-15-10-6-7-11-16(15)24(28)29/h3-11,13,18H,12H2,1-2H3,(H,22,25)(H2,21,23,27)/t18-/m0/s1. The van der Waals surface area contributed by atoms with Crippen LogP contribution in [0.25, 0.3) is 0 Å². The number of amides is 3. The van der Waals surface area contributed by atoms with Gasteiger partial charge in [-0.3, -0.25) is 14.9 Å². The lowest BCUT2D eigenvalue weighted by Gasteiger charge is -2.21. The van der Waals surface area contributed by atoms with Gasteiger partial charge < -0.3 is 20.7 Å². The number of nitrogens with one attached hydrogen (secondary N) is 3. The van der Waals surface area contributed by atoms with Crippen LogP contribution >= 0.6 is 0 Å². The van der Waals surface area contributed by atoms with Gasteiger partial charge in [0, 0.05) is 11.8 Å². The zero-order chi connectivity index (χ0) is 22.1. The smallest absolute Gasteiger partial charge is 0.329 e. The number of hydrogen-bond donors (Lipinski definition) is 3. The molecule has 2 aromatic rings. The number of hydrogen-bond acceptors (Lipinski definition) is 6. The first kappa shape index (κ1) is 22.3. The van der Waals surface area contributed by atoms with Crippen molar-refractivity contribution >= 4 is 35.0 Å². The molecule has 0 aromatic heterocycles. The predicted molar refractivity (Wildman–Crippen MR) is 110 cm³/mol. The van der Waals surface area contributed by atoms with Crippen LogP contribution in [0.3, 0.4) is 0 Å². The number of carbonyl (C=O) groups excluding carboxylic acids is 3. The highest BCUT2D eigenvalue weighted by molar-refractivity contribution is 5.96. The average molecular weight is 414 g/mol. The molecule has 2 rings (SSSR count). The number of nitro groups is 1. The Kier molecular flexibility index (Phi) is 7.86. The minimum Gasteiger partial charge on any atom is -0.454 e. The van der Waals surface area contributed by atoms with Gasteiger partial charge in [-0.05, 0) is 24.1 Å². The maximum Gasteiger partial charge on any atom is 0.329 e. The second-order valence-electron chi connectivity index (χ2n) is 6.62. The highest BCUT2D eigenvalue weighted by atomic mass is 16.6. The summed E-state index contributed by atoms with van der Waals surface area (Å²) in [5.74, 6) is -1.85. The lowest BCUT2D eigenvalue weighted by atomic mass is 10.1. The van der Waals surface area contributed by atoms with Gasteiger partial charge >= 0.3 is 12.0 Å². The molecule has 2 aromatic carbocycles. The van der Waals surface area contributed by atoms with Crippen molar-refractivity contribution in [2.75, 3.05) is 17.2 Å². The van der Waals surface area contributed by atoms with E-state index in [1.54, 1.807) is 44.2 Å². The molecule has 0 bridgehead atoms. The summed E-state index contributed by atoms with van der Waals surface area (Å²) in [6.07, 6.45) is 0. The molecule has 1 atom stereocenters. The number of ether oxygens (including phenoxy) is 1. The molecular weight excluding hydrogens is 392 g/mol. The summed E-state index contributed by atoms with van der Waals surface area (Å²) in [7, 11) is 0. The van der Waals surface area contributed by atoms with Gasteiger partial charge in [0.15, 0.2) is 6.61 Å². The number of benzene rings is 2. The van der Waals surface area contributed by atoms with E-state index >= 15 is 0 Å². The van der Waals surface area contributed by atoms with Crippen molar-refractivity contribution in [3.63, 3.8) is 0 Å². The fraction of sp³-hybridized carbons (Fsp3) is 0.250. The molecule has 0 aliphatic carbocycles. The molecule has 0 saturated heterocycles. The minimum absolute atomic E-state index is 0.00989. The lowest BCUT2D eigenvalue weighted by Crippen LogP contribution is -2.47. The Morgan fingerprint density at radius 1 is 1.00 bits per heavy atom. The highest BCUT2D eigenvalue weighted by Crippen LogP contribution is 2.22. The summed E-state index contributed by atoms with van der Waals surface area (Å²) in [5.41, 5.74) is 0.260. The van der Waals surface area contributed by atoms with Crippen LogP contribution in [0.1, 0.15) is 13.8 Å². The largest absolute Gasteiger partial charge is 0.454 e. The van der Waals surface area contributed by atoms with Gasteiger partial charge in [0.05, 0.1) is 4.92 Å². The Bertz CT molecular complexity index is 917. The third kappa shape index (κ3) is 6.59. The molecule has 0 radical (unpaired) electrons. The molecule has 0 spiro atoms. The second kappa shape index (κ2) is 10.6. The first-order chi connectivity index (χ1) is 14.3. The van der Waals surface area contributed by atoms with Crippen LogP contribution in [0, 0.1) is 16.0 Å². The van der Waals surface area contributed by atoms with Gasteiger partial charge in [0.2, 0.25) is 0 Å².